The molecule has 3 aromatic rings. The third kappa shape index (κ3) is 2.93. The third-order valence-corrected chi connectivity index (χ3v) is 3.12. The molecule has 3 rings (SSSR count). The first kappa shape index (κ1) is 13.3. The number of nitrogens with zero attached hydrogens (tertiary/aromatic N) is 2. The van der Waals surface area contributed by atoms with E-state index >= 15 is 0 Å². The lowest BCUT2D eigenvalue weighted by Gasteiger charge is -2.09. The average molecular weight is 281 g/mol. The average Bonchev–Trinajstić information content (AvgIpc) is 2.49. The number of benzene rings is 2. The summed E-state index contributed by atoms with van der Waals surface area (Å²) in [6.45, 7) is 0.132. The number of nitrogen functional groups attached to an aromatic ring is 1. The first-order chi connectivity index (χ1) is 10.3. The van der Waals surface area contributed by atoms with E-state index in [1.807, 2.05) is 48.5 Å². The molecule has 0 unspecified atom stereocenters. The summed E-state index contributed by atoms with van der Waals surface area (Å²) < 4.78 is 5.81. The van der Waals surface area contributed by atoms with E-state index in [0.717, 1.165) is 16.5 Å². The topological polar surface area (TPSA) is 81.3 Å². The van der Waals surface area contributed by atoms with Gasteiger partial charge in [-0.15, -0.1) is 0 Å². The Hall–Kier alpha value is -2.66. The fraction of sp³-hybridized carbons (Fsp3) is 0.125. The maximum atomic E-state index is 8.91. The van der Waals surface area contributed by atoms with E-state index < -0.39 is 0 Å². The van der Waals surface area contributed by atoms with Crippen molar-refractivity contribution in [2.24, 2.45) is 0 Å². The van der Waals surface area contributed by atoms with Crippen LogP contribution in [-0.2, 0) is 6.42 Å². The number of rotatable bonds is 4. The van der Waals surface area contributed by atoms with Crippen molar-refractivity contribution in [2.75, 3.05) is 12.3 Å². The second-order valence-electron chi connectivity index (χ2n) is 4.62. The van der Waals surface area contributed by atoms with E-state index in [1.54, 1.807) is 0 Å². The summed E-state index contributed by atoms with van der Waals surface area (Å²) >= 11 is 0. The zero-order valence-corrected chi connectivity index (χ0v) is 11.4. The van der Waals surface area contributed by atoms with E-state index in [0.29, 0.717) is 18.1 Å². The highest BCUT2D eigenvalue weighted by atomic mass is 16.5. The minimum Gasteiger partial charge on any atom is -0.438 e. The molecule has 0 bridgehead atoms. The molecule has 106 valence electrons. The summed E-state index contributed by atoms with van der Waals surface area (Å²) in [6, 6.07) is 15.1. The highest BCUT2D eigenvalue weighted by Crippen LogP contribution is 2.27. The normalized spacial score (nSPS) is 10.7. The summed E-state index contributed by atoms with van der Waals surface area (Å²) in [6.07, 6.45) is 0.629. The van der Waals surface area contributed by atoms with Gasteiger partial charge in [-0.25, -0.2) is 4.98 Å². The molecule has 0 atom stereocenters. The Morgan fingerprint density at radius 1 is 1.00 bits per heavy atom. The number of fused-ring (bicyclic) bond motifs is 1. The molecule has 0 saturated heterocycles. The van der Waals surface area contributed by atoms with Crippen molar-refractivity contribution in [3.8, 4) is 11.6 Å². The van der Waals surface area contributed by atoms with Crippen molar-refractivity contribution in [3.05, 3.63) is 54.1 Å². The summed E-state index contributed by atoms with van der Waals surface area (Å²) in [5.41, 5.74) is 7.51. The predicted molar refractivity (Wildman–Crippen MR) is 81.3 cm³/mol. The van der Waals surface area contributed by atoms with E-state index in [-0.39, 0.29) is 12.6 Å². The lowest BCUT2D eigenvalue weighted by atomic mass is 10.1. The number of aromatic nitrogens is 2. The molecule has 2 aromatic carbocycles. The Morgan fingerprint density at radius 2 is 1.76 bits per heavy atom. The number of anilines is 1. The number of nitrogens with two attached hydrogens (primary N) is 1. The van der Waals surface area contributed by atoms with Crippen molar-refractivity contribution >= 4 is 16.9 Å². The van der Waals surface area contributed by atoms with E-state index in [4.69, 9.17) is 15.6 Å². The Labute approximate surface area is 122 Å². The first-order valence-corrected chi connectivity index (χ1v) is 6.66. The molecule has 0 amide bonds. The van der Waals surface area contributed by atoms with Gasteiger partial charge in [0.15, 0.2) is 0 Å². The molecule has 3 N–H and O–H groups in total. The minimum atomic E-state index is 0.132. The Kier molecular flexibility index (Phi) is 3.66. The summed E-state index contributed by atoms with van der Waals surface area (Å²) in [5.74, 6) is 1.29. The molecule has 0 radical (unpaired) electrons. The number of para-hydroxylation sites is 1. The lowest BCUT2D eigenvalue weighted by Crippen LogP contribution is -1.98. The first-order valence-electron chi connectivity index (χ1n) is 6.66. The summed E-state index contributed by atoms with van der Waals surface area (Å²) in [4.78, 5) is 8.34. The maximum Gasteiger partial charge on any atom is 0.231 e. The maximum absolute atomic E-state index is 8.91. The van der Waals surface area contributed by atoms with Gasteiger partial charge in [0.1, 0.15) is 5.75 Å². The van der Waals surface area contributed by atoms with Crippen molar-refractivity contribution in [1.82, 2.24) is 9.97 Å². The monoisotopic (exact) mass is 281 g/mol. The zero-order chi connectivity index (χ0) is 14.7. The molecular formula is C16H15N3O2. The quantitative estimate of drug-likeness (QED) is 0.768. The van der Waals surface area contributed by atoms with Gasteiger partial charge in [0.2, 0.25) is 11.8 Å². The lowest BCUT2D eigenvalue weighted by molar-refractivity contribution is 0.299. The third-order valence-electron chi connectivity index (χ3n) is 3.12. The van der Waals surface area contributed by atoms with Crippen molar-refractivity contribution < 1.29 is 9.84 Å². The molecule has 0 aliphatic carbocycles. The van der Waals surface area contributed by atoms with Crippen LogP contribution in [0.2, 0.25) is 0 Å². The summed E-state index contributed by atoms with van der Waals surface area (Å²) in [7, 11) is 0. The highest BCUT2D eigenvalue weighted by Gasteiger charge is 2.08. The van der Waals surface area contributed by atoms with Gasteiger partial charge in [-0.2, -0.15) is 4.98 Å². The van der Waals surface area contributed by atoms with Crippen molar-refractivity contribution in [1.29, 1.82) is 0 Å². The molecule has 0 spiro atoms. The van der Waals surface area contributed by atoms with Gasteiger partial charge in [-0.05, 0) is 36.2 Å². The predicted octanol–water partition coefficient (Wildman–Crippen LogP) is 2.54. The summed E-state index contributed by atoms with van der Waals surface area (Å²) in [5, 5.41) is 9.72. The number of hydrogen-bond donors (Lipinski definition) is 2. The van der Waals surface area contributed by atoms with Crippen molar-refractivity contribution in [3.63, 3.8) is 0 Å². The van der Waals surface area contributed by atoms with Crippen LogP contribution in [0.1, 0.15) is 5.56 Å². The fourth-order valence-electron chi connectivity index (χ4n) is 2.11. The van der Waals surface area contributed by atoms with E-state index in [9.17, 15) is 0 Å². The second kappa shape index (κ2) is 5.76. The Morgan fingerprint density at radius 3 is 2.52 bits per heavy atom. The van der Waals surface area contributed by atoms with Crippen LogP contribution in [0.4, 0.5) is 5.95 Å². The van der Waals surface area contributed by atoms with Crippen LogP contribution in [0.3, 0.4) is 0 Å². The van der Waals surface area contributed by atoms with Crippen LogP contribution in [0.25, 0.3) is 10.9 Å². The molecule has 0 aliphatic rings. The van der Waals surface area contributed by atoms with Crippen molar-refractivity contribution in [2.45, 2.75) is 6.42 Å². The molecule has 21 heavy (non-hydrogen) atoms. The van der Waals surface area contributed by atoms with Gasteiger partial charge >= 0.3 is 0 Å². The Balaban J connectivity index is 1.94. The van der Waals surface area contributed by atoms with Crippen LogP contribution in [0.15, 0.2) is 48.5 Å². The standard InChI is InChI=1S/C16H15N3O2/c17-16-18-14-4-2-1-3-13(14)15(19-16)21-12-7-5-11(6-8-12)9-10-20/h1-8,20H,9-10H2,(H2,17,18,19). The van der Waals surface area contributed by atoms with Gasteiger partial charge in [-0.1, -0.05) is 24.3 Å². The second-order valence-corrected chi connectivity index (χ2v) is 4.62. The number of aliphatic hydroxyl groups is 1. The van der Waals surface area contributed by atoms with E-state index in [1.165, 1.54) is 0 Å². The smallest absolute Gasteiger partial charge is 0.231 e. The SMILES string of the molecule is Nc1nc(Oc2ccc(CCO)cc2)c2ccccc2n1. The molecule has 1 heterocycles. The number of aliphatic hydroxyl groups excluding tert-OH is 1. The van der Waals surface area contributed by atoms with Gasteiger partial charge in [0.05, 0.1) is 10.9 Å². The Bertz CT molecular complexity index is 757. The molecule has 0 fully saturated rings. The van der Waals surface area contributed by atoms with Crippen LogP contribution >= 0.6 is 0 Å². The van der Waals surface area contributed by atoms with Gasteiger partial charge in [0.25, 0.3) is 0 Å². The van der Waals surface area contributed by atoms with Gasteiger partial charge in [-0.3, -0.25) is 0 Å². The molecule has 5 heteroatoms. The molecule has 0 aliphatic heterocycles. The molecule has 5 nitrogen and oxygen atoms in total. The molecule has 1 aromatic heterocycles. The zero-order valence-electron chi connectivity index (χ0n) is 11.4. The highest BCUT2D eigenvalue weighted by molar-refractivity contribution is 5.84. The van der Waals surface area contributed by atoms with Crippen LogP contribution in [0, 0.1) is 0 Å². The number of ether oxygens (including phenoxy) is 1. The molecule has 0 saturated carbocycles. The fourth-order valence-corrected chi connectivity index (χ4v) is 2.11. The van der Waals surface area contributed by atoms with Crippen LogP contribution in [0.5, 0.6) is 11.6 Å². The van der Waals surface area contributed by atoms with E-state index in [2.05, 4.69) is 9.97 Å². The van der Waals surface area contributed by atoms with Crippen LogP contribution in [-0.4, -0.2) is 21.7 Å². The van der Waals surface area contributed by atoms with Crippen LogP contribution < -0.4 is 10.5 Å². The van der Waals surface area contributed by atoms with Gasteiger partial charge in [0, 0.05) is 6.61 Å². The largest absolute Gasteiger partial charge is 0.438 e. The molecular weight excluding hydrogens is 266 g/mol. The number of hydrogen-bond acceptors (Lipinski definition) is 5. The van der Waals surface area contributed by atoms with Gasteiger partial charge < -0.3 is 15.6 Å². The minimum absolute atomic E-state index is 0.132.